The maximum absolute atomic E-state index is 12.4. The van der Waals surface area contributed by atoms with Crippen LogP contribution in [0.1, 0.15) is 65.7 Å². The highest BCUT2D eigenvalue weighted by Gasteiger charge is 2.29. The lowest BCUT2D eigenvalue weighted by Crippen LogP contribution is -2.33. The molecule has 0 unspecified atom stereocenters. The fraction of sp³-hybridized carbons (Fsp3) is 0.591. The highest BCUT2D eigenvalue weighted by atomic mass is 16.5. The molecule has 28 heavy (non-hydrogen) atoms. The molecule has 0 heterocycles. The van der Waals surface area contributed by atoms with E-state index in [0.29, 0.717) is 11.4 Å². The van der Waals surface area contributed by atoms with E-state index in [1.54, 1.807) is 31.2 Å². The summed E-state index contributed by atoms with van der Waals surface area (Å²) in [6.45, 7) is 5.22. The smallest absolute Gasteiger partial charge is 0.309 e. The first-order chi connectivity index (χ1) is 13.4. The van der Waals surface area contributed by atoms with Crippen LogP contribution in [0.15, 0.2) is 24.3 Å². The first-order valence-corrected chi connectivity index (χ1v) is 10.3. The van der Waals surface area contributed by atoms with Crippen molar-refractivity contribution < 1.29 is 19.1 Å². The molecule has 154 valence electrons. The summed E-state index contributed by atoms with van der Waals surface area (Å²) in [4.78, 5) is 35.7. The number of amides is 2. The van der Waals surface area contributed by atoms with Crippen LogP contribution in [0.3, 0.4) is 0 Å². The third-order valence-electron chi connectivity index (χ3n) is 5.28. The van der Waals surface area contributed by atoms with Gasteiger partial charge < -0.3 is 15.4 Å². The van der Waals surface area contributed by atoms with Gasteiger partial charge in [0.25, 0.3) is 5.91 Å². The molecule has 0 aromatic heterocycles. The molecule has 2 N–H and O–H groups in total. The number of nitrogens with one attached hydrogen (secondary N) is 2. The minimum Gasteiger partial charge on any atom is -0.452 e. The number of carbonyl (C=O) groups excluding carboxylic acids is 3. The average molecular weight is 389 g/mol. The molecule has 1 aliphatic rings. The number of ether oxygens (including phenoxy) is 1. The molecule has 1 aliphatic carbocycles. The summed E-state index contributed by atoms with van der Waals surface area (Å²) in [5, 5.41) is 5.40. The predicted octanol–water partition coefficient (Wildman–Crippen LogP) is 4.51. The van der Waals surface area contributed by atoms with Crippen molar-refractivity contribution in [2.24, 2.45) is 11.8 Å². The van der Waals surface area contributed by atoms with Crippen LogP contribution in [0.2, 0.25) is 0 Å². The maximum atomic E-state index is 12.4. The van der Waals surface area contributed by atoms with E-state index >= 15 is 0 Å². The Hall–Kier alpha value is -2.37. The van der Waals surface area contributed by atoms with Gasteiger partial charge in [0, 0.05) is 18.3 Å². The maximum Gasteiger partial charge on any atom is 0.309 e. The molecule has 1 fully saturated rings. The van der Waals surface area contributed by atoms with Crippen LogP contribution < -0.4 is 10.6 Å². The Balaban J connectivity index is 1.77. The van der Waals surface area contributed by atoms with E-state index in [0.717, 1.165) is 31.6 Å². The second-order valence-corrected chi connectivity index (χ2v) is 7.69. The summed E-state index contributed by atoms with van der Waals surface area (Å²) in [6.07, 6.45) is 6.71. The van der Waals surface area contributed by atoms with Crippen molar-refractivity contribution in [3.63, 3.8) is 0 Å². The number of hydrogen-bond acceptors (Lipinski definition) is 4. The average Bonchev–Trinajstić information content (AvgIpc) is 2.67. The second-order valence-electron chi connectivity index (χ2n) is 7.69. The first kappa shape index (κ1) is 21.9. The number of carbonyl (C=O) groups is 3. The van der Waals surface area contributed by atoms with Gasteiger partial charge in [-0.3, -0.25) is 14.4 Å². The molecular formula is C22H32N2O4. The number of anilines is 2. The van der Waals surface area contributed by atoms with Gasteiger partial charge in [0.2, 0.25) is 5.91 Å². The SMILES string of the molecule is CCCCC1CCC(C(=O)O[C@H](C)C(=O)Nc2ccc(NC(C)=O)cc2)CC1. The molecule has 6 nitrogen and oxygen atoms in total. The van der Waals surface area contributed by atoms with Crippen LogP contribution in [0.25, 0.3) is 0 Å². The van der Waals surface area contributed by atoms with Crippen LogP contribution in [0.4, 0.5) is 11.4 Å². The summed E-state index contributed by atoms with van der Waals surface area (Å²) in [6, 6.07) is 6.78. The summed E-state index contributed by atoms with van der Waals surface area (Å²) in [7, 11) is 0. The van der Waals surface area contributed by atoms with Crippen molar-refractivity contribution >= 4 is 29.2 Å². The van der Waals surface area contributed by atoms with Crippen LogP contribution in [0, 0.1) is 11.8 Å². The van der Waals surface area contributed by atoms with Gasteiger partial charge in [0.15, 0.2) is 6.10 Å². The summed E-state index contributed by atoms with van der Waals surface area (Å²) >= 11 is 0. The van der Waals surface area contributed by atoms with Crippen molar-refractivity contribution in [3.8, 4) is 0 Å². The van der Waals surface area contributed by atoms with Crippen molar-refractivity contribution in [3.05, 3.63) is 24.3 Å². The topological polar surface area (TPSA) is 84.5 Å². The molecule has 2 rings (SSSR count). The van der Waals surface area contributed by atoms with E-state index in [4.69, 9.17) is 4.74 Å². The minimum atomic E-state index is -0.847. The fourth-order valence-corrected chi connectivity index (χ4v) is 3.59. The monoisotopic (exact) mass is 388 g/mol. The van der Waals surface area contributed by atoms with Crippen LogP contribution in [-0.4, -0.2) is 23.9 Å². The Kier molecular flexibility index (Phi) is 8.48. The third-order valence-corrected chi connectivity index (χ3v) is 5.28. The molecule has 6 heteroatoms. The third kappa shape index (κ3) is 6.98. The normalized spacial score (nSPS) is 20.1. The predicted molar refractivity (Wildman–Crippen MR) is 110 cm³/mol. The molecule has 1 aromatic carbocycles. The Morgan fingerprint density at radius 3 is 2.14 bits per heavy atom. The molecule has 1 aromatic rings. The Morgan fingerprint density at radius 2 is 1.61 bits per heavy atom. The largest absolute Gasteiger partial charge is 0.452 e. The van der Waals surface area contributed by atoms with Gasteiger partial charge in [-0.2, -0.15) is 0 Å². The van der Waals surface area contributed by atoms with Crippen molar-refractivity contribution in [1.82, 2.24) is 0 Å². The number of esters is 1. The highest BCUT2D eigenvalue weighted by molar-refractivity contribution is 5.95. The van der Waals surface area contributed by atoms with E-state index in [2.05, 4.69) is 17.6 Å². The second kappa shape index (κ2) is 10.8. The first-order valence-electron chi connectivity index (χ1n) is 10.3. The lowest BCUT2D eigenvalue weighted by molar-refractivity contribution is -0.158. The van der Waals surface area contributed by atoms with Crippen LogP contribution in [0.5, 0.6) is 0 Å². The van der Waals surface area contributed by atoms with Gasteiger partial charge in [-0.25, -0.2) is 0 Å². The highest BCUT2D eigenvalue weighted by Crippen LogP contribution is 2.32. The Morgan fingerprint density at radius 1 is 1.04 bits per heavy atom. The summed E-state index contributed by atoms with van der Waals surface area (Å²) < 4.78 is 5.41. The van der Waals surface area contributed by atoms with Crippen molar-refractivity contribution in [2.45, 2.75) is 71.8 Å². The van der Waals surface area contributed by atoms with Crippen LogP contribution >= 0.6 is 0 Å². The van der Waals surface area contributed by atoms with Gasteiger partial charge in [0.05, 0.1) is 5.92 Å². The summed E-state index contributed by atoms with van der Waals surface area (Å²) in [5.74, 6) is -0.151. The van der Waals surface area contributed by atoms with E-state index in [-0.39, 0.29) is 23.7 Å². The minimum absolute atomic E-state index is 0.0925. The Bertz CT molecular complexity index is 664. The standard InChI is InChI=1S/C22H32N2O4/c1-4-5-6-17-7-9-18(10-8-17)22(27)28-15(2)21(26)24-20-13-11-19(12-14-20)23-16(3)25/h11-15,17-18H,4-10H2,1-3H3,(H,23,25)(H,24,26)/t15-,17?,18?/m1/s1. The Labute approximate surface area is 167 Å². The van der Waals surface area contributed by atoms with E-state index in [9.17, 15) is 14.4 Å². The lowest BCUT2D eigenvalue weighted by Gasteiger charge is -2.28. The quantitative estimate of drug-likeness (QED) is 0.642. The lowest BCUT2D eigenvalue weighted by atomic mass is 9.80. The van der Waals surface area contributed by atoms with Gasteiger partial charge in [0.1, 0.15) is 0 Å². The van der Waals surface area contributed by atoms with Crippen molar-refractivity contribution in [1.29, 1.82) is 0 Å². The molecule has 1 atom stereocenters. The molecular weight excluding hydrogens is 356 g/mol. The van der Waals surface area contributed by atoms with Gasteiger partial charge in [-0.05, 0) is 62.8 Å². The number of hydrogen-bond donors (Lipinski definition) is 2. The van der Waals surface area contributed by atoms with E-state index in [1.165, 1.54) is 26.2 Å². The number of rotatable bonds is 8. The van der Waals surface area contributed by atoms with Gasteiger partial charge in [-0.1, -0.05) is 26.2 Å². The zero-order valence-corrected chi connectivity index (χ0v) is 17.1. The van der Waals surface area contributed by atoms with Crippen LogP contribution in [-0.2, 0) is 19.1 Å². The van der Waals surface area contributed by atoms with Crippen molar-refractivity contribution in [2.75, 3.05) is 10.6 Å². The zero-order valence-electron chi connectivity index (χ0n) is 17.1. The molecule has 0 radical (unpaired) electrons. The fourth-order valence-electron chi connectivity index (χ4n) is 3.59. The van der Waals surface area contributed by atoms with Gasteiger partial charge in [-0.15, -0.1) is 0 Å². The summed E-state index contributed by atoms with van der Waals surface area (Å²) in [5.41, 5.74) is 1.23. The zero-order chi connectivity index (χ0) is 20.5. The number of unbranched alkanes of at least 4 members (excludes halogenated alkanes) is 1. The molecule has 0 aliphatic heterocycles. The van der Waals surface area contributed by atoms with Gasteiger partial charge >= 0.3 is 5.97 Å². The van der Waals surface area contributed by atoms with E-state index in [1.807, 2.05) is 0 Å². The molecule has 1 saturated carbocycles. The van der Waals surface area contributed by atoms with E-state index < -0.39 is 6.10 Å². The molecule has 2 amide bonds. The number of benzene rings is 1. The molecule has 0 saturated heterocycles. The molecule has 0 spiro atoms. The molecule has 0 bridgehead atoms.